The highest BCUT2D eigenvalue weighted by Gasteiger charge is 2.21. The molecule has 0 bridgehead atoms. The van der Waals surface area contributed by atoms with E-state index >= 15 is 0 Å². The predicted molar refractivity (Wildman–Crippen MR) is 159 cm³/mol. The summed E-state index contributed by atoms with van der Waals surface area (Å²) in [5.41, 5.74) is 3.91. The van der Waals surface area contributed by atoms with E-state index in [0.29, 0.717) is 22.3 Å². The summed E-state index contributed by atoms with van der Waals surface area (Å²) >= 11 is 1.66. The molecule has 0 fully saturated rings. The van der Waals surface area contributed by atoms with Crippen molar-refractivity contribution in [2.24, 2.45) is 0 Å². The summed E-state index contributed by atoms with van der Waals surface area (Å²) in [5.74, 6) is 0. The lowest BCUT2D eigenvalue weighted by Crippen LogP contribution is -1.95. The van der Waals surface area contributed by atoms with Gasteiger partial charge in [0, 0.05) is 15.2 Å². The number of hydrogen-bond donors (Lipinski definition) is 0. The Morgan fingerprint density at radius 3 is 1.78 bits per heavy atom. The largest absolute Gasteiger partial charge is 0.0888 e. The smallest absolute Gasteiger partial charge is 0.0629 e. The van der Waals surface area contributed by atoms with Crippen LogP contribution in [0, 0.1) is 0 Å². The van der Waals surface area contributed by atoms with Crippen molar-refractivity contribution in [3.63, 3.8) is 0 Å². The van der Waals surface area contributed by atoms with Crippen molar-refractivity contribution in [2.75, 3.05) is 0 Å². The Balaban J connectivity index is 1.61. The van der Waals surface area contributed by atoms with Crippen LogP contribution in [-0.4, -0.2) is 0 Å². The second-order valence-electron chi connectivity index (χ2n) is 9.09. The Morgan fingerprint density at radius 1 is 0.486 bits per heavy atom. The molecule has 0 saturated heterocycles. The highest BCUT2D eigenvalue weighted by molar-refractivity contribution is 7.99. The van der Waals surface area contributed by atoms with E-state index in [-0.39, 0.29) is 45.7 Å². The van der Waals surface area contributed by atoms with Gasteiger partial charge in [0.25, 0.3) is 0 Å². The molecule has 1 heteroatoms. The molecule has 0 N–H and O–H groups in total. The molecular weight excluding hydrogens is 464 g/mol. The van der Waals surface area contributed by atoms with Crippen LogP contribution in [0.1, 0.15) is 11.0 Å². The van der Waals surface area contributed by atoms with Crippen LogP contribution in [-0.2, 0) is 0 Å². The zero-order valence-electron chi connectivity index (χ0n) is 27.5. The zero-order valence-corrected chi connectivity index (χ0v) is 20.3. The number of benzene rings is 7. The molecule has 0 saturated carbocycles. The van der Waals surface area contributed by atoms with E-state index in [0.717, 1.165) is 31.7 Å². The summed E-state index contributed by atoms with van der Waals surface area (Å²) in [6, 6.07) is 24.6. The van der Waals surface area contributed by atoms with Crippen LogP contribution in [0.3, 0.4) is 0 Å². The molecule has 172 valence electrons. The zero-order chi connectivity index (χ0) is 31.3. The summed E-state index contributed by atoms with van der Waals surface area (Å²) in [5, 5.41) is 3.13. The van der Waals surface area contributed by atoms with Crippen LogP contribution in [0.4, 0.5) is 0 Å². The lowest BCUT2D eigenvalue weighted by Gasteiger charge is -2.22. The fourth-order valence-corrected chi connectivity index (χ4v) is 6.65. The van der Waals surface area contributed by atoms with Crippen molar-refractivity contribution in [3.05, 3.63) is 133 Å². The van der Waals surface area contributed by atoms with Gasteiger partial charge in [-0.05, 0) is 78.5 Å². The molecule has 1 aliphatic rings. The first-order valence-corrected chi connectivity index (χ1v) is 12.9. The molecule has 0 spiro atoms. The first kappa shape index (κ1) is 14.4. The van der Waals surface area contributed by atoms with E-state index in [1.165, 1.54) is 0 Å². The maximum absolute atomic E-state index is 9.16. The lowest BCUT2D eigenvalue weighted by molar-refractivity contribution is 1.40. The van der Waals surface area contributed by atoms with Crippen molar-refractivity contribution < 1.29 is 11.0 Å². The van der Waals surface area contributed by atoms with Crippen LogP contribution in [0.2, 0.25) is 0 Å². The number of rotatable bonds is 2. The summed E-state index contributed by atoms with van der Waals surface area (Å²) in [7, 11) is 0. The molecule has 0 atom stereocenters. The third kappa shape index (κ3) is 3.11. The van der Waals surface area contributed by atoms with Crippen molar-refractivity contribution >= 4 is 44.1 Å². The summed E-state index contributed by atoms with van der Waals surface area (Å²) in [6.45, 7) is 0. The van der Waals surface area contributed by atoms with E-state index in [1.807, 2.05) is 36.4 Å². The molecule has 37 heavy (non-hydrogen) atoms. The van der Waals surface area contributed by atoms with Crippen molar-refractivity contribution in [2.45, 2.75) is 9.79 Å². The maximum Gasteiger partial charge on any atom is 0.0629 e. The molecule has 0 nitrogen and oxygen atoms in total. The van der Waals surface area contributed by atoms with Crippen LogP contribution < -0.4 is 0 Å². The van der Waals surface area contributed by atoms with Gasteiger partial charge in [0.05, 0.1) is 11.0 Å². The molecule has 0 unspecified atom stereocenters. The molecule has 7 aromatic carbocycles. The summed E-state index contributed by atoms with van der Waals surface area (Å²) < 4.78 is 71.0. The maximum atomic E-state index is 9.16. The Morgan fingerprint density at radius 2 is 1.11 bits per heavy atom. The minimum absolute atomic E-state index is 0.222. The van der Waals surface area contributed by atoms with Gasteiger partial charge in [-0.25, -0.2) is 0 Å². The Kier molecular flexibility index (Phi) is 3.15. The van der Waals surface area contributed by atoms with E-state index in [2.05, 4.69) is 24.3 Å². The standard InChI is InChI=1S/C36H22S/c1-2-10-23(11-3-1)34-26-14-4-6-16-28(26)35(29-17-7-5-15-27(29)34)25-20-21-32-31(22-25)30-18-8-12-24-13-9-19-33(37-32)36(24)30/h1-22H/i4D,5D,6D,7D,14D,15D,16D,17D. The molecular formula is C36H22S. The van der Waals surface area contributed by atoms with Gasteiger partial charge >= 0.3 is 0 Å². The van der Waals surface area contributed by atoms with Crippen molar-refractivity contribution in [1.29, 1.82) is 0 Å². The first-order chi connectivity index (χ1) is 21.7. The van der Waals surface area contributed by atoms with E-state index < -0.39 is 24.2 Å². The summed E-state index contributed by atoms with van der Waals surface area (Å²) in [6.07, 6.45) is 0. The highest BCUT2D eigenvalue weighted by atomic mass is 32.2. The van der Waals surface area contributed by atoms with E-state index in [4.69, 9.17) is 11.0 Å². The minimum atomic E-state index is -0.403. The summed E-state index contributed by atoms with van der Waals surface area (Å²) in [4.78, 5) is 2.18. The third-order valence-corrected chi connectivity index (χ3v) is 8.22. The van der Waals surface area contributed by atoms with Gasteiger partial charge in [-0.2, -0.15) is 0 Å². The Labute approximate surface area is 231 Å². The fraction of sp³-hybridized carbons (Fsp3) is 0. The number of fused-ring (bicyclic) bond motifs is 4. The SMILES string of the molecule is [2H]c1c([2H])c([2H])c2c(-c3ccc4c(c3)-c3cccc5cccc(c35)S4)c3c([2H])c([2H])c([2H])c([2H])c3c(-c3ccccc3)c2c1[2H]. The van der Waals surface area contributed by atoms with E-state index in [1.54, 1.807) is 36.0 Å². The molecule has 0 aromatic heterocycles. The van der Waals surface area contributed by atoms with E-state index in [9.17, 15) is 0 Å². The highest BCUT2D eigenvalue weighted by Crippen LogP contribution is 2.50. The first-order valence-electron chi connectivity index (χ1n) is 16.0. The second kappa shape index (κ2) is 8.09. The van der Waals surface area contributed by atoms with Crippen LogP contribution >= 0.6 is 11.8 Å². The second-order valence-corrected chi connectivity index (χ2v) is 10.2. The topological polar surface area (TPSA) is 0 Å². The van der Waals surface area contributed by atoms with Gasteiger partial charge in [0.1, 0.15) is 0 Å². The van der Waals surface area contributed by atoms with Gasteiger partial charge in [-0.15, -0.1) is 0 Å². The average Bonchev–Trinajstić information content (AvgIpc) is 3.07. The lowest BCUT2D eigenvalue weighted by atomic mass is 9.85. The van der Waals surface area contributed by atoms with Gasteiger partial charge in [-0.3, -0.25) is 0 Å². The number of hydrogen-bond acceptors (Lipinski definition) is 1. The quantitative estimate of drug-likeness (QED) is 0.215. The van der Waals surface area contributed by atoms with Crippen LogP contribution in [0.15, 0.2) is 143 Å². The normalized spacial score (nSPS) is 15.2. The Bertz CT molecular complexity index is 2350. The van der Waals surface area contributed by atoms with Crippen LogP contribution in [0.5, 0.6) is 0 Å². The molecule has 1 aliphatic heterocycles. The molecule has 1 heterocycles. The molecule has 0 amide bonds. The molecule has 7 aromatic rings. The minimum Gasteiger partial charge on any atom is -0.0888 e. The van der Waals surface area contributed by atoms with Gasteiger partial charge < -0.3 is 0 Å². The monoisotopic (exact) mass is 494 g/mol. The van der Waals surface area contributed by atoms with Gasteiger partial charge in [0.15, 0.2) is 0 Å². The van der Waals surface area contributed by atoms with Crippen molar-refractivity contribution in [3.8, 4) is 33.4 Å². The predicted octanol–water partition coefficient (Wildman–Crippen LogP) is 10.6. The third-order valence-electron chi connectivity index (χ3n) is 7.08. The fourth-order valence-electron chi connectivity index (χ4n) is 5.53. The van der Waals surface area contributed by atoms with Crippen LogP contribution in [0.25, 0.3) is 65.7 Å². The Hall–Kier alpha value is -4.33. The average molecular weight is 495 g/mol. The van der Waals surface area contributed by atoms with Gasteiger partial charge in [-0.1, -0.05) is 127 Å². The molecule has 8 rings (SSSR count). The molecule has 0 aliphatic carbocycles. The van der Waals surface area contributed by atoms with Crippen molar-refractivity contribution in [1.82, 2.24) is 0 Å². The molecule has 0 radical (unpaired) electrons. The van der Waals surface area contributed by atoms with Gasteiger partial charge in [0.2, 0.25) is 0 Å².